The highest BCUT2D eigenvalue weighted by atomic mass is 16.1. The molecule has 3 heteroatoms. The van der Waals surface area contributed by atoms with Gasteiger partial charge in [0.2, 0.25) is 0 Å². The number of carbonyl (C=O) groups is 1. The Bertz CT molecular complexity index is 455. The van der Waals surface area contributed by atoms with Crippen LogP contribution < -0.4 is 0 Å². The zero-order valence-corrected chi connectivity index (χ0v) is 12.1. The lowest BCUT2D eigenvalue weighted by atomic mass is 9.94. The molecule has 0 bridgehead atoms. The molecular weight excluding hydrogens is 236 g/mol. The highest BCUT2D eigenvalue weighted by Crippen LogP contribution is 2.20. The van der Waals surface area contributed by atoms with E-state index in [0.717, 1.165) is 43.4 Å². The van der Waals surface area contributed by atoms with E-state index in [9.17, 15) is 4.79 Å². The zero-order valence-electron chi connectivity index (χ0n) is 12.1. The van der Waals surface area contributed by atoms with E-state index in [1.54, 1.807) is 0 Å². The zero-order chi connectivity index (χ0) is 13.7. The number of ketones is 1. The number of carbonyl (C=O) groups excluding carboxylic acids is 1. The van der Waals surface area contributed by atoms with E-state index in [4.69, 9.17) is 0 Å². The van der Waals surface area contributed by atoms with Crippen LogP contribution in [0.1, 0.15) is 64.1 Å². The fourth-order valence-electron chi connectivity index (χ4n) is 2.71. The average molecular weight is 260 g/mol. The van der Waals surface area contributed by atoms with Crippen molar-refractivity contribution in [3.63, 3.8) is 0 Å². The molecule has 0 spiro atoms. The van der Waals surface area contributed by atoms with Gasteiger partial charge in [0, 0.05) is 6.20 Å². The van der Waals surface area contributed by atoms with Crippen LogP contribution in [0.3, 0.4) is 0 Å². The highest BCUT2D eigenvalue weighted by Gasteiger charge is 2.15. The molecule has 3 nitrogen and oxygen atoms in total. The molecule has 0 amide bonds. The molecule has 1 aliphatic carbocycles. The van der Waals surface area contributed by atoms with Crippen molar-refractivity contribution in [2.45, 2.75) is 64.8 Å². The van der Waals surface area contributed by atoms with Crippen LogP contribution in [0.25, 0.3) is 0 Å². The standard InChI is InChI=1S/C16H24N2O/c1-3-15(4-2)18-11-10-14(17-18)12-16(19)13-8-6-5-7-9-13/h8,10-11,15H,3-7,9,12H2,1-2H3. The fraction of sp³-hybridized carbons (Fsp3) is 0.625. The fourth-order valence-corrected chi connectivity index (χ4v) is 2.71. The molecule has 1 aromatic heterocycles. The second-order valence-corrected chi connectivity index (χ2v) is 5.33. The van der Waals surface area contributed by atoms with Crippen molar-refractivity contribution >= 4 is 5.78 Å². The Kier molecular flexibility index (Phi) is 4.94. The van der Waals surface area contributed by atoms with Crippen LogP contribution in [-0.2, 0) is 11.2 Å². The monoisotopic (exact) mass is 260 g/mol. The van der Waals surface area contributed by atoms with Gasteiger partial charge in [-0.1, -0.05) is 19.9 Å². The van der Waals surface area contributed by atoms with Crippen molar-refractivity contribution in [2.24, 2.45) is 0 Å². The van der Waals surface area contributed by atoms with Gasteiger partial charge in [-0.05, 0) is 50.2 Å². The molecule has 0 radical (unpaired) electrons. The summed E-state index contributed by atoms with van der Waals surface area (Å²) in [5.74, 6) is 0.259. The van der Waals surface area contributed by atoms with Crippen molar-refractivity contribution < 1.29 is 4.79 Å². The van der Waals surface area contributed by atoms with Gasteiger partial charge in [-0.3, -0.25) is 9.48 Å². The van der Waals surface area contributed by atoms with Crippen molar-refractivity contribution in [3.05, 3.63) is 29.6 Å². The number of rotatable bonds is 6. The summed E-state index contributed by atoms with van der Waals surface area (Å²) in [7, 11) is 0. The van der Waals surface area contributed by atoms with Gasteiger partial charge in [-0.2, -0.15) is 5.10 Å². The molecule has 0 aliphatic heterocycles. The van der Waals surface area contributed by atoms with E-state index < -0.39 is 0 Å². The van der Waals surface area contributed by atoms with Gasteiger partial charge in [0.1, 0.15) is 0 Å². The van der Waals surface area contributed by atoms with Gasteiger partial charge in [-0.25, -0.2) is 0 Å². The SMILES string of the molecule is CCC(CC)n1ccc(CC(=O)C2=CCCCC2)n1. The Hall–Kier alpha value is -1.38. The van der Waals surface area contributed by atoms with E-state index in [0.29, 0.717) is 12.5 Å². The third-order valence-corrected chi connectivity index (χ3v) is 3.97. The number of allylic oxidation sites excluding steroid dienone is 2. The van der Waals surface area contributed by atoms with E-state index in [-0.39, 0.29) is 5.78 Å². The molecule has 0 saturated heterocycles. The Labute approximate surface area is 115 Å². The van der Waals surface area contributed by atoms with Gasteiger partial charge in [0.25, 0.3) is 0 Å². The van der Waals surface area contributed by atoms with Crippen molar-refractivity contribution in [1.29, 1.82) is 0 Å². The van der Waals surface area contributed by atoms with Crippen LogP contribution in [0.5, 0.6) is 0 Å². The van der Waals surface area contributed by atoms with Crippen molar-refractivity contribution in [1.82, 2.24) is 9.78 Å². The second-order valence-electron chi connectivity index (χ2n) is 5.33. The summed E-state index contributed by atoms with van der Waals surface area (Å²) in [4.78, 5) is 12.2. The number of aromatic nitrogens is 2. The Morgan fingerprint density at radius 2 is 2.16 bits per heavy atom. The molecule has 0 aromatic carbocycles. The lowest BCUT2D eigenvalue weighted by Gasteiger charge is -2.13. The maximum atomic E-state index is 12.2. The summed E-state index contributed by atoms with van der Waals surface area (Å²) < 4.78 is 2.01. The summed E-state index contributed by atoms with van der Waals surface area (Å²) in [6.45, 7) is 4.35. The molecule has 104 valence electrons. The number of nitrogens with zero attached hydrogens (tertiary/aromatic N) is 2. The number of hydrogen-bond donors (Lipinski definition) is 0. The Morgan fingerprint density at radius 1 is 1.37 bits per heavy atom. The topological polar surface area (TPSA) is 34.9 Å². The van der Waals surface area contributed by atoms with E-state index in [2.05, 4.69) is 25.0 Å². The lowest BCUT2D eigenvalue weighted by Crippen LogP contribution is -2.11. The molecule has 1 aromatic rings. The summed E-state index contributed by atoms with van der Waals surface area (Å²) in [6, 6.07) is 2.44. The summed E-state index contributed by atoms with van der Waals surface area (Å²) in [5, 5.41) is 4.56. The van der Waals surface area contributed by atoms with Gasteiger partial charge >= 0.3 is 0 Å². The van der Waals surface area contributed by atoms with Crippen LogP contribution in [0.4, 0.5) is 0 Å². The minimum atomic E-state index is 0.259. The molecule has 19 heavy (non-hydrogen) atoms. The molecule has 1 heterocycles. The van der Waals surface area contributed by atoms with Gasteiger partial charge < -0.3 is 0 Å². The molecule has 1 aliphatic rings. The first kappa shape index (κ1) is 14.0. The third kappa shape index (κ3) is 3.55. The van der Waals surface area contributed by atoms with Crippen LogP contribution in [0, 0.1) is 0 Å². The molecule has 0 fully saturated rings. The van der Waals surface area contributed by atoms with Crippen molar-refractivity contribution in [2.75, 3.05) is 0 Å². The molecule has 2 rings (SSSR count). The van der Waals surface area contributed by atoms with Crippen LogP contribution in [-0.4, -0.2) is 15.6 Å². The first-order chi connectivity index (χ1) is 9.24. The Morgan fingerprint density at radius 3 is 2.79 bits per heavy atom. The minimum Gasteiger partial charge on any atom is -0.294 e. The van der Waals surface area contributed by atoms with E-state index in [1.165, 1.54) is 6.42 Å². The van der Waals surface area contributed by atoms with E-state index in [1.807, 2.05) is 16.9 Å². The largest absolute Gasteiger partial charge is 0.294 e. The van der Waals surface area contributed by atoms with Gasteiger partial charge in [-0.15, -0.1) is 0 Å². The van der Waals surface area contributed by atoms with Crippen molar-refractivity contribution in [3.8, 4) is 0 Å². The molecule has 0 unspecified atom stereocenters. The molecular formula is C16H24N2O. The number of Topliss-reactive ketones (excluding diaryl/α,β-unsaturated/α-hetero) is 1. The maximum Gasteiger partial charge on any atom is 0.164 e. The lowest BCUT2D eigenvalue weighted by molar-refractivity contribution is -0.115. The average Bonchev–Trinajstić information content (AvgIpc) is 2.89. The first-order valence-electron chi connectivity index (χ1n) is 7.50. The van der Waals surface area contributed by atoms with Crippen LogP contribution in [0.2, 0.25) is 0 Å². The normalized spacial score (nSPS) is 15.6. The minimum absolute atomic E-state index is 0.259. The second kappa shape index (κ2) is 6.69. The third-order valence-electron chi connectivity index (χ3n) is 3.97. The molecule has 0 atom stereocenters. The molecule has 0 saturated carbocycles. The highest BCUT2D eigenvalue weighted by molar-refractivity contribution is 5.96. The predicted octanol–water partition coefficient (Wildman–Crippen LogP) is 3.86. The quantitative estimate of drug-likeness (QED) is 0.778. The first-order valence-corrected chi connectivity index (χ1v) is 7.50. The summed E-state index contributed by atoms with van der Waals surface area (Å²) in [5.41, 5.74) is 1.92. The predicted molar refractivity (Wildman–Crippen MR) is 77.1 cm³/mol. The van der Waals surface area contributed by atoms with Crippen LogP contribution >= 0.6 is 0 Å². The molecule has 0 N–H and O–H groups in total. The van der Waals surface area contributed by atoms with Gasteiger partial charge in [0.15, 0.2) is 5.78 Å². The smallest absolute Gasteiger partial charge is 0.164 e. The summed E-state index contributed by atoms with van der Waals surface area (Å²) >= 11 is 0. The Balaban J connectivity index is 1.99. The van der Waals surface area contributed by atoms with E-state index >= 15 is 0 Å². The summed E-state index contributed by atoms with van der Waals surface area (Å²) in [6.07, 6.45) is 11.1. The maximum absolute atomic E-state index is 12.2. The van der Waals surface area contributed by atoms with Crippen LogP contribution in [0.15, 0.2) is 23.9 Å². The van der Waals surface area contributed by atoms with Gasteiger partial charge in [0.05, 0.1) is 18.2 Å². The number of hydrogen-bond acceptors (Lipinski definition) is 2.